The monoisotopic (exact) mass is 332 g/mol. The zero-order valence-corrected chi connectivity index (χ0v) is 15.2. The predicted molar refractivity (Wildman–Crippen MR) is 103 cm³/mol. The molecule has 0 saturated heterocycles. The molecule has 128 valence electrons. The van der Waals surface area contributed by atoms with Crippen LogP contribution in [-0.2, 0) is 6.42 Å². The summed E-state index contributed by atoms with van der Waals surface area (Å²) < 4.78 is 0. The van der Waals surface area contributed by atoms with E-state index >= 15 is 0 Å². The lowest BCUT2D eigenvalue weighted by Gasteiger charge is -2.10. The van der Waals surface area contributed by atoms with E-state index in [1.54, 1.807) is 0 Å². The number of aromatic nitrogens is 4. The molecular weight excluding hydrogens is 308 g/mol. The predicted octanol–water partition coefficient (Wildman–Crippen LogP) is 5.22. The van der Waals surface area contributed by atoms with Crippen LogP contribution in [-0.4, -0.2) is 19.9 Å². The third kappa shape index (κ3) is 2.93. The maximum absolute atomic E-state index is 4.78. The summed E-state index contributed by atoms with van der Waals surface area (Å²) in [4.78, 5) is 16.1. The van der Waals surface area contributed by atoms with Crippen molar-refractivity contribution in [2.45, 2.75) is 46.0 Å². The van der Waals surface area contributed by atoms with Crippen molar-refractivity contribution in [2.24, 2.45) is 0 Å². The molecule has 2 N–H and O–H groups in total. The molecule has 0 saturated carbocycles. The van der Waals surface area contributed by atoms with Gasteiger partial charge < -0.3 is 9.97 Å². The number of fused-ring (bicyclic) bond motifs is 2. The Bertz CT molecular complexity index is 1040. The van der Waals surface area contributed by atoms with Gasteiger partial charge in [0.25, 0.3) is 0 Å². The van der Waals surface area contributed by atoms with Crippen LogP contribution in [0.25, 0.3) is 22.1 Å². The van der Waals surface area contributed by atoms with E-state index in [2.05, 4.69) is 60.8 Å². The van der Waals surface area contributed by atoms with E-state index in [0.29, 0.717) is 11.8 Å². The number of nitrogens with zero attached hydrogens (tertiary/aromatic N) is 2. The molecule has 4 rings (SSSR count). The Hall–Kier alpha value is -2.62. The highest BCUT2D eigenvalue weighted by molar-refractivity contribution is 5.77. The largest absolute Gasteiger partial charge is 0.360 e. The molecular formula is C21H24N4. The highest BCUT2D eigenvalue weighted by atomic mass is 14.8. The van der Waals surface area contributed by atoms with Gasteiger partial charge in [-0.05, 0) is 60.6 Å². The molecule has 0 aromatic carbocycles. The number of H-pyrrole nitrogens is 2. The van der Waals surface area contributed by atoms with Crippen LogP contribution in [0.4, 0.5) is 0 Å². The Morgan fingerprint density at radius 1 is 1.04 bits per heavy atom. The average Bonchev–Trinajstić information content (AvgIpc) is 3.18. The summed E-state index contributed by atoms with van der Waals surface area (Å²) in [5.74, 6) is 0.875. The van der Waals surface area contributed by atoms with Crippen molar-refractivity contribution in [3.05, 3.63) is 59.2 Å². The Balaban J connectivity index is 1.63. The van der Waals surface area contributed by atoms with Crippen molar-refractivity contribution in [2.75, 3.05) is 0 Å². The minimum atomic E-state index is 0.388. The molecule has 0 fully saturated rings. The zero-order chi connectivity index (χ0) is 17.6. The number of hydrogen-bond donors (Lipinski definition) is 2. The number of nitrogens with one attached hydrogen (secondary N) is 2. The van der Waals surface area contributed by atoms with Crippen molar-refractivity contribution in [1.29, 1.82) is 0 Å². The van der Waals surface area contributed by atoms with Crippen LogP contribution >= 0.6 is 0 Å². The number of rotatable bonds is 4. The van der Waals surface area contributed by atoms with Crippen LogP contribution in [0.5, 0.6) is 0 Å². The van der Waals surface area contributed by atoms with E-state index < -0.39 is 0 Å². The van der Waals surface area contributed by atoms with Gasteiger partial charge in [-0.3, -0.25) is 9.97 Å². The van der Waals surface area contributed by atoms with Crippen molar-refractivity contribution >= 4 is 22.1 Å². The molecule has 0 radical (unpaired) electrons. The van der Waals surface area contributed by atoms with E-state index in [1.807, 2.05) is 18.5 Å². The molecule has 0 aliphatic heterocycles. The molecule has 1 unspecified atom stereocenters. The second-order valence-corrected chi connectivity index (χ2v) is 7.33. The van der Waals surface area contributed by atoms with Gasteiger partial charge in [-0.2, -0.15) is 0 Å². The Labute approximate surface area is 147 Å². The summed E-state index contributed by atoms with van der Waals surface area (Å²) in [6.07, 6.45) is 4.87. The van der Waals surface area contributed by atoms with Gasteiger partial charge in [0.2, 0.25) is 0 Å². The first kappa shape index (κ1) is 15.9. The molecule has 0 amide bonds. The minimum Gasteiger partial charge on any atom is -0.360 e. The first-order valence-corrected chi connectivity index (χ1v) is 8.93. The molecule has 1 atom stereocenters. The van der Waals surface area contributed by atoms with Gasteiger partial charge in [0, 0.05) is 23.8 Å². The fourth-order valence-corrected chi connectivity index (χ4v) is 3.59. The van der Waals surface area contributed by atoms with Crippen LogP contribution in [0, 0.1) is 6.92 Å². The van der Waals surface area contributed by atoms with Crippen LogP contribution in [0.1, 0.15) is 55.1 Å². The van der Waals surface area contributed by atoms with E-state index in [9.17, 15) is 0 Å². The van der Waals surface area contributed by atoms with E-state index in [-0.39, 0.29) is 0 Å². The fraction of sp³-hybridized carbons (Fsp3) is 0.333. The van der Waals surface area contributed by atoms with Gasteiger partial charge in [0.1, 0.15) is 0 Å². The summed E-state index contributed by atoms with van der Waals surface area (Å²) in [5, 5.41) is 0. The summed E-state index contributed by atoms with van der Waals surface area (Å²) in [5.41, 5.74) is 9.22. The Kier molecular flexibility index (Phi) is 3.83. The summed E-state index contributed by atoms with van der Waals surface area (Å²) in [6, 6.07) is 8.64. The third-order valence-electron chi connectivity index (χ3n) is 5.02. The minimum absolute atomic E-state index is 0.388. The maximum atomic E-state index is 4.78. The normalized spacial score (nSPS) is 13.2. The molecule has 0 aliphatic carbocycles. The molecule has 4 nitrogen and oxygen atoms in total. The first-order chi connectivity index (χ1) is 12.0. The van der Waals surface area contributed by atoms with E-state index in [0.717, 1.165) is 34.2 Å². The highest BCUT2D eigenvalue weighted by Gasteiger charge is 2.13. The number of hydrogen-bond acceptors (Lipinski definition) is 2. The van der Waals surface area contributed by atoms with Gasteiger partial charge in [-0.15, -0.1) is 0 Å². The number of pyridine rings is 2. The Morgan fingerprint density at radius 3 is 2.68 bits per heavy atom. The molecule has 25 heavy (non-hydrogen) atoms. The number of aryl methyl sites for hydroxylation is 1. The second kappa shape index (κ2) is 6.03. The summed E-state index contributed by atoms with van der Waals surface area (Å²) >= 11 is 0. The summed E-state index contributed by atoms with van der Waals surface area (Å²) in [6.45, 7) is 8.77. The lowest BCUT2D eigenvalue weighted by atomic mass is 9.97. The fourth-order valence-electron chi connectivity index (χ4n) is 3.59. The quantitative estimate of drug-likeness (QED) is 0.538. The smallest absolute Gasteiger partial charge is 0.0885 e. The topological polar surface area (TPSA) is 57.4 Å². The van der Waals surface area contributed by atoms with Crippen LogP contribution in [0.2, 0.25) is 0 Å². The van der Waals surface area contributed by atoms with Crippen LogP contribution in [0.15, 0.2) is 36.7 Å². The van der Waals surface area contributed by atoms with Crippen LogP contribution in [0.3, 0.4) is 0 Å². The van der Waals surface area contributed by atoms with Crippen molar-refractivity contribution < 1.29 is 0 Å². The Morgan fingerprint density at radius 2 is 1.88 bits per heavy atom. The van der Waals surface area contributed by atoms with Gasteiger partial charge in [0.15, 0.2) is 0 Å². The molecule has 0 aliphatic rings. The maximum Gasteiger partial charge on any atom is 0.0885 e. The molecule has 4 heteroatoms. The number of aromatic amines is 2. The van der Waals surface area contributed by atoms with Gasteiger partial charge in [0.05, 0.1) is 22.1 Å². The molecule has 4 aromatic rings. The molecule has 4 heterocycles. The first-order valence-electron chi connectivity index (χ1n) is 8.93. The van der Waals surface area contributed by atoms with Gasteiger partial charge in [-0.1, -0.05) is 20.8 Å². The lowest BCUT2D eigenvalue weighted by Crippen LogP contribution is -1.99. The van der Waals surface area contributed by atoms with Crippen LogP contribution < -0.4 is 0 Å². The summed E-state index contributed by atoms with van der Waals surface area (Å²) in [7, 11) is 0. The van der Waals surface area contributed by atoms with Gasteiger partial charge >= 0.3 is 0 Å². The lowest BCUT2D eigenvalue weighted by molar-refractivity contribution is 0.744. The SMILES string of the molecule is Cc1nc2cc(CC(C)c3cnc4cc[nH]c4c3)[nH]c2cc1C(C)C. The highest BCUT2D eigenvalue weighted by Crippen LogP contribution is 2.26. The zero-order valence-electron chi connectivity index (χ0n) is 15.2. The third-order valence-corrected chi connectivity index (χ3v) is 5.02. The van der Waals surface area contributed by atoms with E-state index in [4.69, 9.17) is 4.98 Å². The van der Waals surface area contributed by atoms with E-state index in [1.165, 1.54) is 16.8 Å². The molecule has 0 bridgehead atoms. The standard InChI is InChI=1S/C21H24N4/c1-12(2)17-10-21-20(24-14(17)4)9-16(25-21)7-13(3)15-8-19-18(23-11-15)5-6-22-19/h5-6,8-13,22,25H,7H2,1-4H3. The van der Waals surface area contributed by atoms with Crippen molar-refractivity contribution in [3.8, 4) is 0 Å². The van der Waals surface area contributed by atoms with Crippen molar-refractivity contribution in [1.82, 2.24) is 19.9 Å². The van der Waals surface area contributed by atoms with Gasteiger partial charge in [-0.25, -0.2) is 0 Å². The van der Waals surface area contributed by atoms with Crippen molar-refractivity contribution in [3.63, 3.8) is 0 Å². The average molecular weight is 332 g/mol. The second-order valence-electron chi connectivity index (χ2n) is 7.33. The molecule has 4 aromatic heterocycles. The molecule has 0 spiro atoms.